The third kappa shape index (κ3) is 5.44. The fraction of sp³-hybridized carbons (Fsp3) is 0.192. The molecule has 0 aliphatic carbocycles. The van der Waals surface area contributed by atoms with Crippen molar-refractivity contribution in [1.82, 2.24) is 5.32 Å². The number of para-hydroxylation sites is 1. The van der Waals surface area contributed by atoms with Gasteiger partial charge in [-0.3, -0.25) is 14.4 Å². The summed E-state index contributed by atoms with van der Waals surface area (Å²) in [5.41, 5.74) is 2.43. The predicted octanol–water partition coefficient (Wildman–Crippen LogP) is 3.79. The first-order valence-electron chi connectivity index (χ1n) is 10.8. The summed E-state index contributed by atoms with van der Waals surface area (Å²) in [5, 5.41) is 5.69. The molecule has 1 saturated heterocycles. The van der Waals surface area contributed by atoms with Gasteiger partial charge in [-0.25, -0.2) is 4.39 Å². The maximum absolute atomic E-state index is 13.2. The number of anilines is 2. The van der Waals surface area contributed by atoms with Crippen molar-refractivity contribution in [3.05, 3.63) is 95.8 Å². The molecular formula is C26H24FN3O3. The van der Waals surface area contributed by atoms with E-state index in [1.165, 1.54) is 29.2 Å². The lowest BCUT2D eigenvalue weighted by molar-refractivity contribution is -0.122. The molecule has 2 N–H and O–H groups in total. The Balaban J connectivity index is 1.38. The Morgan fingerprint density at radius 3 is 2.39 bits per heavy atom. The van der Waals surface area contributed by atoms with E-state index in [0.717, 1.165) is 5.56 Å². The minimum Gasteiger partial charge on any atom is -0.352 e. The predicted molar refractivity (Wildman–Crippen MR) is 124 cm³/mol. The Labute approximate surface area is 191 Å². The molecule has 1 heterocycles. The fourth-order valence-electron chi connectivity index (χ4n) is 3.84. The van der Waals surface area contributed by atoms with Gasteiger partial charge < -0.3 is 15.5 Å². The van der Waals surface area contributed by atoms with E-state index < -0.39 is 11.7 Å². The molecule has 0 radical (unpaired) electrons. The van der Waals surface area contributed by atoms with Gasteiger partial charge in [0.2, 0.25) is 11.8 Å². The van der Waals surface area contributed by atoms with Crippen molar-refractivity contribution in [3.8, 4) is 0 Å². The second-order valence-electron chi connectivity index (χ2n) is 7.91. The van der Waals surface area contributed by atoms with Crippen LogP contribution in [0.3, 0.4) is 0 Å². The van der Waals surface area contributed by atoms with Crippen molar-refractivity contribution < 1.29 is 18.8 Å². The van der Waals surface area contributed by atoms with E-state index in [4.69, 9.17) is 0 Å². The zero-order chi connectivity index (χ0) is 23.2. The molecule has 0 saturated carbocycles. The molecule has 0 unspecified atom stereocenters. The van der Waals surface area contributed by atoms with Crippen LogP contribution in [0.25, 0.3) is 0 Å². The minimum absolute atomic E-state index is 0.0502. The van der Waals surface area contributed by atoms with E-state index >= 15 is 0 Å². The Morgan fingerprint density at radius 1 is 0.939 bits per heavy atom. The van der Waals surface area contributed by atoms with Crippen molar-refractivity contribution in [2.45, 2.75) is 12.8 Å². The normalized spacial score (nSPS) is 15.4. The van der Waals surface area contributed by atoms with Crippen LogP contribution in [0.1, 0.15) is 22.3 Å². The second kappa shape index (κ2) is 10.1. The van der Waals surface area contributed by atoms with Crippen LogP contribution in [-0.4, -0.2) is 30.8 Å². The summed E-state index contributed by atoms with van der Waals surface area (Å²) in [5.74, 6) is -1.78. The van der Waals surface area contributed by atoms with Gasteiger partial charge in [0.1, 0.15) is 5.82 Å². The molecule has 0 bridgehead atoms. The van der Waals surface area contributed by atoms with Crippen molar-refractivity contribution in [2.24, 2.45) is 5.92 Å². The average Bonchev–Trinajstić information content (AvgIpc) is 3.22. The lowest BCUT2D eigenvalue weighted by Crippen LogP contribution is -2.30. The Bertz CT molecular complexity index is 1150. The van der Waals surface area contributed by atoms with Crippen LogP contribution in [0.15, 0.2) is 78.9 Å². The molecule has 3 aromatic rings. The molecule has 1 aliphatic heterocycles. The maximum Gasteiger partial charge on any atom is 0.253 e. The summed E-state index contributed by atoms with van der Waals surface area (Å²) in [4.78, 5) is 39.5. The van der Waals surface area contributed by atoms with Crippen molar-refractivity contribution >= 4 is 29.1 Å². The highest BCUT2D eigenvalue weighted by Crippen LogP contribution is 2.27. The van der Waals surface area contributed by atoms with E-state index in [2.05, 4.69) is 10.6 Å². The number of hydrogen-bond donors (Lipinski definition) is 2. The molecule has 4 rings (SSSR count). The highest BCUT2D eigenvalue weighted by molar-refractivity contribution is 6.07. The van der Waals surface area contributed by atoms with Crippen molar-refractivity contribution in [2.75, 3.05) is 23.3 Å². The van der Waals surface area contributed by atoms with E-state index in [-0.39, 0.29) is 30.7 Å². The summed E-state index contributed by atoms with van der Waals surface area (Å²) >= 11 is 0. The molecule has 0 spiro atoms. The number of nitrogens with zero attached hydrogens (tertiary/aromatic N) is 1. The molecule has 7 heteroatoms. The van der Waals surface area contributed by atoms with Crippen LogP contribution in [0.5, 0.6) is 0 Å². The van der Waals surface area contributed by atoms with Crippen LogP contribution in [0, 0.1) is 11.7 Å². The van der Waals surface area contributed by atoms with Gasteiger partial charge in [-0.1, -0.05) is 42.5 Å². The summed E-state index contributed by atoms with van der Waals surface area (Å²) in [6.07, 6.45) is 0.749. The highest BCUT2D eigenvalue weighted by Gasteiger charge is 2.35. The molecule has 168 valence electrons. The fourth-order valence-corrected chi connectivity index (χ4v) is 3.84. The molecule has 3 amide bonds. The number of carbonyl (C=O) groups excluding carboxylic acids is 3. The van der Waals surface area contributed by atoms with Crippen molar-refractivity contribution in [1.29, 1.82) is 0 Å². The molecule has 6 nitrogen and oxygen atoms in total. The molecule has 33 heavy (non-hydrogen) atoms. The first kappa shape index (κ1) is 22.2. The maximum atomic E-state index is 13.2. The molecular weight excluding hydrogens is 421 g/mol. The van der Waals surface area contributed by atoms with E-state index in [0.29, 0.717) is 29.9 Å². The Hall–Kier alpha value is -4.00. The number of rotatable bonds is 7. The largest absolute Gasteiger partial charge is 0.352 e. The van der Waals surface area contributed by atoms with Gasteiger partial charge in [0, 0.05) is 25.2 Å². The number of nitrogens with one attached hydrogen (secondary N) is 2. The Morgan fingerprint density at radius 2 is 1.64 bits per heavy atom. The summed E-state index contributed by atoms with van der Waals surface area (Å²) in [7, 11) is 0. The van der Waals surface area contributed by atoms with Gasteiger partial charge in [0.25, 0.3) is 5.91 Å². The first-order chi connectivity index (χ1) is 16.0. The van der Waals surface area contributed by atoms with Crippen LogP contribution in [0.2, 0.25) is 0 Å². The van der Waals surface area contributed by atoms with Gasteiger partial charge >= 0.3 is 0 Å². The van der Waals surface area contributed by atoms with Crippen LogP contribution in [-0.2, 0) is 16.0 Å². The number of hydrogen-bond acceptors (Lipinski definition) is 3. The lowest BCUT2D eigenvalue weighted by atomic mass is 10.1. The molecule has 1 aliphatic rings. The lowest BCUT2D eigenvalue weighted by Gasteiger charge is -2.17. The summed E-state index contributed by atoms with van der Waals surface area (Å²) < 4.78 is 13.2. The topological polar surface area (TPSA) is 78.5 Å². The first-order valence-corrected chi connectivity index (χ1v) is 10.8. The van der Waals surface area contributed by atoms with Crippen molar-refractivity contribution in [3.63, 3.8) is 0 Å². The Kier molecular flexibility index (Phi) is 6.78. The highest BCUT2D eigenvalue weighted by atomic mass is 19.1. The number of halogens is 1. The average molecular weight is 445 g/mol. The summed E-state index contributed by atoms with van der Waals surface area (Å²) in [6.45, 7) is 0.663. The smallest absolute Gasteiger partial charge is 0.253 e. The second-order valence-corrected chi connectivity index (χ2v) is 7.91. The third-order valence-electron chi connectivity index (χ3n) is 5.61. The monoisotopic (exact) mass is 445 g/mol. The van der Waals surface area contributed by atoms with Crippen LogP contribution < -0.4 is 15.5 Å². The number of benzene rings is 3. The molecule has 1 atom stereocenters. The standard InChI is InChI=1S/C26H24FN3O3/c27-20-10-12-21(13-11-20)30-17-19(16-24(30)31)25(32)29-23-9-5-4-8-22(23)26(33)28-15-14-18-6-2-1-3-7-18/h1-13,19H,14-17H2,(H,28,33)(H,29,32)/t19-/m0/s1. The van der Waals surface area contributed by atoms with Gasteiger partial charge in [0.15, 0.2) is 0 Å². The molecule has 3 aromatic carbocycles. The zero-order valence-corrected chi connectivity index (χ0v) is 18.0. The quantitative estimate of drug-likeness (QED) is 0.581. The van der Waals surface area contributed by atoms with E-state index in [1.54, 1.807) is 24.3 Å². The van der Waals surface area contributed by atoms with E-state index in [1.807, 2.05) is 30.3 Å². The van der Waals surface area contributed by atoms with Crippen LogP contribution in [0.4, 0.5) is 15.8 Å². The van der Waals surface area contributed by atoms with Gasteiger partial charge in [-0.05, 0) is 48.4 Å². The van der Waals surface area contributed by atoms with E-state index in [9.17, 15) is 18.8 Å². The minimum atomic E-state index is -0.572. The molecule has 1 fully saturated rings. The SMILES string of the molecule is O=C(NCCc1ccccc1)c1ccccc1NC(=O)[C@H]1CC(=O)N(c2ccc(F)cc2)C1. The third-order valence-corrected chi connectivity index (χ3v) is 5.61. The zero-order valence-electron chi connectivity index (χ0n) is 18.0. The van der Waals surface area contributed by atoms with Gasteiger partial charge in [0.05, 0.1) is 17.2 Å². The molecule has 0 aromatic heterocycles. The summed E-state index contributed by atoms with van der Waals surface area (Å²) in [6, 6.07) is 22.2. The van der Waals surface area contributed by atoms with Crippen LogP contribution >= 0.6 is 0 Å². The number of carbonyl (C=O) groups is 3. The van der Waals surface area contributed by atoms with Gasteiger partial charge in [-0.2, -0.15) is 0 Å². The van der Waals surface area contributed by atoms with Gasteiger partial charge in [-0.15, -0.1) is 0 Å². The number of amides is 3.